The monoisotopic (exact) mass is 401 g/mol. The van der Waals surface area contributed by atoms with Crippen LogP contribution >= 0.6 is 0 Å². The number of fused-ring (bicyclic) bond motifs is 5. The molecule has 0 atom stereocenters. The van der Waals surface area contributed by atoms with Crippen LogP contribution in [0.1, 0.15) is 16.7 Å². The molecule has 5 aromatic carbocycles. The molecule has 0 spiro atoms. The van der Waals surface area contributed by atoms with Crippen LogP contribution in [-0.2, 0) is 0 Å². The molecule has 1 aliphatic heterocycles. The van der Waals surface area contributed by atoms with Crippen LogP contribution in [0.25, 0.3) is 21.5 Å². The summed E-state index contributed by atoms with van der Waals surface area (Å²) in [6.45, 7) is 6.57. The van der Waals surface area contributed by atoms with E-state index < -0.39 is 0 Å². The van der Waals surface area contributed by atoms with Gasteiger partial charge in [-0.3, -0.25) is 0 Å². The summed E-state index contributed by atoms with van der Waals surface area (Å²) in [4.78, 5) is 2.41. The summed E-state index contributed by atoms with van der Waals surface area (Å²) in [7, 11) is 0. The van der Waals surface area contributed by atoms with Gasteiger partial charge in [0.15, 0.2) is 11.5 Å². The van der Waals surface area contributed by atoms with Crippen LogP contribution in [0, 0.1) is 20.8 Å². The highest BCUT2D eigenvalue weighted by Crippen LogP contribution is 2.55. The first-order chi connectivity index (χ1) is 15.1. The van der Waals surface area contributed by atoms with Gasteiger partial charge < -0.3 is 9.64 Å². The van der Waals surface area contributed by atoms with Crippen LogP contribution < -0.4 is 9.64 Å². The van der Waals surface area contributed by atoms with Gasteiger partial charge >= 0.3 is 0 Å². The molecule has 0 amide bonds. The van der Waals surface area contributed by atoms with Gasteiger partial charge in [0.05, 0.1) is 17.1 Å². The quantitative estimate of drug-likeness (QED) is 0.274. The zero-order chi connectivity index (χ0) is 21.1. The fourth-order valence-electron chi connectivity index (χ4n) is 5.01. The number of aryl methyl sites for hydroxylation is 3. The van der Waals surface area contributed by atoms with E-state index in [0.717, 1.165) is 22.9 Å². The minimum atomic E-state index is 0.890. The minimum Gasteiger partial charge on any atom is -0.453 e. The van der Waals surface area contributed by atoms with Gasteiger partial charge in [-0.1, -0.05) is 72.3 Å². The maximum Gasteiger partial charge on any atom is 0.152 e. The van der Waals surface area contributed by atoms with Crippen molar-refractivity contribution in [3.63, 3.8) is 0 Å². The van der Waals surface area contributed by atoms with Crippen molar-refractivity contribution in [1.29, 1.82) is 0 Å². The highest BCUT2D eigenvalue weighted by Gasteiger charge is 2.30. The average molecular weight is 402 g/mol. The third-order valence-electron chi connectivity index (χ3n) is 6.23. The topological polar surface area (TPSA) is 12.5 Å². The van der Waals surface area contributed by atoms with E-state index in [0.29, 0.717) is 0 Å². The van der Waals surface area contributed by atoms with Crippen molar-refractivity contribution in [3.05, 3.63) is 102 Å². The number of hydrogen-bond donors (Lipinski definition) is 0. The largest absolute Gasteiger partial charge is 0.453 e. The number of benzene rings is 5. The third kappa shape index (κ3) is 2.72. The number of ether oxygens (including phenoxy) is 1. The second-order valence-corrected chi connectivity index (χ2v) is 8.49. The lowest BCUT2D eigenvalue weighted by Gasteiger charge is -2.36. The van der Waals surface area contributed by atoms with Crippen molar-refractivity contribution in [2.45, 2.75) is 20.8 Å². The highest BCUT2D eigenvalue weighted by atomic mass is 16.5. The Morgan fingerprint density at radius 3 is 1.97 bits per heavy atom. The Bertz CT molecular complexity index is 1480. The zero-order valence-corrected chi connectivity index (χ0v) is 17.9. The van der Waals surface area contributed by atoms with Gasteiger partial charge in [-0.05, 0) is 66.3 Å². The lowest BCUT2D eigenvalue weighted by Crippen LogP contribution is -2.18. The average Bonchev–Trinajstić information content (AvgIpc) is 2.76. The Balaban J connectivity index is 1.75. The third-order valence-corrected chi connectivity index (χ3v) is 6.23. The van der Waals surface area contributed by atoms with Crippen LogP contribution in [0.15, 0.2) is 84.9 Å². The van der Waals surface area contributed by atoms with Gasteiger partial charge in [0, 0.05) is 5.39 Å². The Labute approximate surface area is 182 Å². The van der Waals surface area contributed by atoms with Gasteiger partial charge in [0.2, 0.25) is 0 Å². The molecule has 6 rings (SSSR count). The maximum atomic E-state index is 6.51. The first kappa shape index (κ1) is 18.0. The summed E-state index contributed by atoms with van der Waals surface area (Å²) in [6.07, 6.45) is 0. The number of rotatable bonds is 1. The number of hydrogen-bond acceptors (Lipinski definition) is 2. The Morgan fingerprint density at radius 1 is 0.581 bits per heavy atom. The Morgan fingerprint density at radius 2 is 1.23 bits per heavy atom. The predicted molar refractivity (Wildman–Crippen MR) is 130 cm³/mol. The van der Waals surface area contributed by atoms with Crippen molar-refractivity contribution in [3.8, 4) is 11.5 Å². The van der Waals surface area contributed by atoms with Gasteiger partial charge in [-0.2, -0.15) is 0 Å². The van der Waals surface area contributed by atoms with Crippen molar-refractivity contribution in [2.75, 3.05) is 4.90 Å². The summed E-state index contributed by atoms with van der Waals surface area (Å²) in [5.74, 6) is 1.78. The molecule has 0 fully saturated rings. The molecule has 0 saturated heterocycles. The summed E-state index contributed by atoms with van der Waals surface area (Å²) in [5, 5.41) is 4.79. The van der Waals surface area contributed by atoms with Crippen LogP contribution in [-0.4, -0.2) is 0 Å². The van der Waals surface area contributed by atoms with Crippen molar-refractivity contribution in [1.82, 2.24) is 0 Å². The van der Waals surface area contributed by atoms with E-state index >= 15 is 0 Å². The lowest BCUT2D eigenvalue weighted by atomic mass is 9.98. The van der Waals surface area contributed by atoms with Gasteiger partial charge in [0.1, 0.15) is 0 Å². The summed E-state index contributed by atoms with van der Waals surface area (Å²) < 4.78 is 6.51. The fourth-order valence-corrected chi connectivity index (χ4v) is 5.01. The summed E-state index contributed by atoms with van der Waals surface area (Å²) in [6, 6.07) is 30.2. The molecule has 150 valence electrons. The molecule has 2 heteroatoms. The second kappa shape index (κ2) is 6.61. The molecular formula is C29H23NO. The molecule has 0 bridgehead atoms. The first-order valence-corrected chi connectivity index (χ1v) is 10.7. The molecule has 0 N–H and O–H groups in total. The first-order valence-electron chi connectivity index (χ1n) is 10.7. The molecule has 1 heterocycles. The lowest BCUT2D eigenvalue weighted by molar-refractivity contribution is 0.478. The summed E-state index contributed by atoms with van der Waals surface area (Å²) >= 11 is 0. The zero-order valence-electron chi connectivity index (χ0n) is 17.9. The number of nitrogens with zero attached hydrogens (tertiary/aromatic N) is 1. The van der Waals surface area contributed by atoms with Gasteiger partial charge in [-0.25, -0.2) is 0 Å². The molecule has 1 aliphatic rings. The molecule has 5 aromatic rings. The normalized spacial score (nSPS) is 12.5. The molecule has 2 nitrogen and oxygen atoms in total. The molecule has 31 heavy (non-hydrogen) atoms. The fraction of sp³-hybridized carbons (Fsp3) is 0.103. The smallest absolute Gasteiger partial charge is 0.152 e. The van der Waals surface area contributed by atoms with Gasteiger partial charge in [-0.15, -0.1) is 0 Å². The van der Waals surface area contributed by atoms with Gasteiger partial charge in [0.25, 0.3) is 0 Å². The Hall–Kier alpha value is -3.78. The number of anilines is 3. The maximum absolute atomic E-state index is 6.51. The minimum absolute atomic E-state index is 0.890. The van der Waals surface area contributed by atoms with Crippen LogP contribution in [0.3, 0.4) is 0 Å². The molecule has 0 saturated carbocycles. The van der Waals surface area contributed by atoms with Crippen molar-refractivity contribution < 1.29 is 4.74 Å². The summed E-state index contributed by atoms with van der Waals surface area (Å²) in [5.41, 5.74) is 7.22. The van der Waals surface area contributed by atoms with E-state index in [2.05, 4.69) is 111 Å². The second-order valence-electron chi connectivity index (χ2n) is 8.49. The highest BCUT2D eigenvalue weighted by molar-refractivity contribution is 6.06. The molecule has 0 unspecified atom stereocenters. The van der Waals surface area contributed by atoms with E-state index in [4.69, 9.17) is 4.74 Å². The van der Waals surface area contributed by atoms with Crippen LogP contribution in [0.5, 0.6) is 11.5 Å². The van der Waals surface area contributed by atoms with E-state index in [9.17, 15) is 0 Å². The molecule has 0 aliphatic carbocycles. The molecular weight excluding hydrogens is 378 g/mol. The van der Waals surface area contributed by atoms with Crippen molar-refractivity contribution >= 4 is 38.6 Å². The SMILES string of the molecule is Cc1cc(C)c(N2c3cc4ccccc4cc3Oc3ccc4ccccc4c32)c(C)c1. The van der Waals surface area contributed by atoms with E-state index in [-0.39, 0.29) is 0 Å². The van der Waals surface area contributed by atoms with Crippen molar-refractivity contribution in [2.24, 2.45) is 0 Å². The van der Waals surface area contributed by atoms with Crippen LogP contribution in [0.4, 0.5) is 17.1 Å². The van der Waals surface area contributed by atoms with E-state index in [1.54, 1.807) is 0 Å². The molecule has 0 aromatic heterocycles. The Kier molecular flexibility index (Phi) is 3.85. The predicted octanol–water partition coefficient (Wildman–Crippen LogP) is 8.49. The van der Waals surface area contributed by atoms with E-state index in [1.807, 2.05) is 0 Å². The molecule has 0 radical (unpaired) electrons. The standard InChI is InChI=1S/C29H23NO/c1-18-14-19(2)28(20(3)15-18)30-25-16-22-9-4-5-10-23(22)17-27(25)31-26-13-12-21-8-6-7-11-24(21)29(26)30/h4-17H,1-3H3. The van der Waals surface area contributed by atoms with Crippen LogP contribution in [0.2, 0.25) is 0 Å². The van der Waals surface area contributed by atoms with E-state index in [1.165, 1.54) is 43.9 Å².